The van der Waals surface area contributed by atoms with E-state index < -0.39 is 0 Å². The molecule has 5 nitrogen and oxygen atoms in total. The van der Waals surface area contributed by atoms with Crippen LogP contribution in [0.5, 0.6) is 0 Å². The normalized spacial score (nSPS) is 11.4. The number of rotatable bonds is 4. The maximum absolute atomic E-state index is 11.9. The number of hydrogen-bond acceptors (Lipinski definition) is 4. The molecule has 0 aliphatic carbocycles. The molecule has 1 N–H and O–H groups in total. The van der Waals surface area contributed by atoms with Crippen LogP contribution < -0.4 is 5.32 Å². The number of carbonyl (C=O) groups is 1. The van der Waals surface area contributed by atoms with Gasteiger partial charge in [0.15, 0.2) is 5.16 Å². The molecule has 0 unspecified atom stereocenters. The van der Waals surface area contributed by atoms with E-state index in [1.54, 1.807) is 6.33 Å². The molecule has 0 radical (unpaired) electrons. The first kappa shape index (κ1) is 15.6. The molecule has 2 rings (SSSR count). The predicted octanol–water partition coefficient (Wildman–Crippen LogP) is 2.58. The van der Waals surface area contributed by atoms with Gasteiger partial charge in [0.1, 0.15) is 6.33 Å². The van der Waals surface area contributed by atoms with Crippen LogP contribution in [-0.2, 0) is 4.79 Å². The molecule has 1 aromatic carbocycles. The quantitative estimate of drug-likeness (QED) is 0.882. The molecule has 2 aromatic rings. The summed E-state index contributed by atoms with van der Waals surface area (Å²) in [6.07, 6.45) is 1.66. The summed E-state index contributed by atoms with van der Waals surface area (Å²) in [6.45, 7) is 7.93. The van der Waals surface area contributed by atoms with Crippen LogP contribution in [0.25, 0.3) is 5.69 Å². The Morgan fingerprint density at radius 1 is 1.29 bits per heavy atom. The second-order valence-corrected chi connectivity index (χ2v) is 6.85. The van der Waals surface area contributed by atoms with Crippen LogP contribution in [-0.4, -0.2) is 32.0 Å². The summed E-state index contributed by atoms with van der Waals surface area (Å²) in [6, 6.07) is 8.10. The average Bonchev–Trinajstić information content (AvgIpc) is 2.83. The summed E-state index contributed by atoms with van der Waals surface area (Å²) in [5.74, 6) is 0.313. The van der Waals surface area contributed by atoms with Crippen LogP contribution in [0.2, 0.25) is 0 Å². The van der Waals surface area contributed by atoms with Crippen molar-refractivity contribution in [3.8, 4) is 5.69 Å². The van der Waals surface area contributed by atoms with Gasteiger partial charge in [-0.3, -0.25) is 9.36 Å². The van der Waals surface area contributed by atoms with Crippen molar-refractivity contribution in [1.29, 1.82) is 0 Å². The fourth-order valence-corrected chi connectivity index (χ4v) is 2.52. The lowest BCUT2D eigenvalue weighted by Crippen LogP contribution is -2.41. The molecule has 0 saturated heterocycles. The highest BCUT2D eigenvalue weighted by Gasteiger charge is 2.15. The standard InChI is InChI=1S/C15H20N4OS/c1-11-5-7-12(8-6-11)19-10-16-18-14(19)21-9-13(20)17-15(2,3)4/h5-8,10H,9H2,1-4H3,(H,17,20). The summed E-state index contributed by atoms with van der Waals surface area (Å²) in [4.78, 5) is 11.9. The van der Waals surface area contributed by atoms with Gasteiger partial charge in [0.2, 0.25) is 5.91 Å². The molecule has 112 valence electrons. The van der Waals surface area contributed by atoms with E-state index in [1.165, 1.54) is 17.3 Å². The zero-order valence-corrected chi connectivity index (χ0v) is 13.6. The molecule has 1 heterocycles. The molecule has 0 fully saturated rings. The van der Waals surface area contributed by atoms with Crippen LogP contribution in [0.15, 0.2) is 35.7 Å². The molecular weight excluding hydrogens is 284 g/mol. The monoisotopic (exact) mass is 304 g/mol. The summed E-state index contributed by atoms with van der Waals surface area (Å²) in [7, 11) is 0. The number of nitrogens with one attached hydrogen (secondary N) is 1. The van der Waals surface area contributed by atoms with Gasteiger partial charge in [-0.2, -0.15) is 0 Å². The lowest BCUT2D eigenvalue weighted by atomic mass is 10.1. The van der Waals surface area contributed by atoms with Crippen LogP contribution in [0, 0.1) is 6.92 Å². The molecule has 0 atom stereocenters. The van der Waals surface area contributed by atoms with E-state index in [4.69, 9.17) is 0 Å². The van der Waals surface area contributed by atoms with Gasteiger partial charge < -0.3 is 5.32 Å². The molecule has 1 amide bonds. The predicted molar refractivity (Wildman–Crippen MR) is 84.7 cm³/mol. The minimum atomic E-state index is -0.220. The number of amides is 1. The Morgan fingerprint density at radius 2 is 1.95 bits per heavy atom. The number of hydrogen-bond donors (Lipinski definition) is 1. The molecular formula is C15H20N4OS. The number of aromatic nitrogens is 3. The average molecular weight is 304 g/mol. The van der Waals surface area contributed by atoms with Crippen LogP contribution in [0.4, 0.5) is 0 Å². The van der Waals surface area contributed by atoms with Gasteiger partial charge in [0, 0.05) is 11.2 Å². The number of aryl methyl sites for hydroxylation is 1. The van der Waals surface area contributed by atoms with Crippen molar-refractivity contribution in [2.45, 2.75) is 38.4 Å². The zero-order valence-electron chi connectivity index (χ0n) is 12.8. The summed E-state index contributed by atoms with van der Waals surface area (Å²) < 4.78 is 1.88. The Labute approximate surface area is 129 Å². The zero-order chi connectivity index (χ0) is 15.5. The van der Waals surface area contributed by atoms with Crippen LogP contribution >= 0.6 is 11.8 Å². The highest BCUT2D eigenvalue weighted by Crippen LogP contribution is 2.19. The minimum absolute atomic E-state index is 0.00837. The van der Waals surface area contributed by atoms with Crippen molar-refractivity contribution in [1.82, 2.24) is 20.1 Å². The van der Waals surface area contributed by atoms with Gasteiger partial charge in [0.25, 0.3) is 0 Å². The highest BCUT2D eigenvalue weighted by atomic mass is 32.2. The second-order valence-electron chi connectivity index (χ2n) is 5.91. The molecule has 0 aliphatic rings. The van der Waals surface area contributed by atoms with Crippen molar-refractivity contribution in [2.24, 2.45) is 0 Å². The second kappa shape index (κ2) is 6.30. The maximum Gasteiger partial charge on any atom is 0.230 e. The minimum Gasteiger partial charge on any atom is -0.351 e. The Kier molecular flexibility index (Phi) is 4.67. The van der Waals surface area contributed by atoms with Crippen LogP contribution in [0.1, 0.15) is 26.3 Å². The SMILES string of the molecule is Cc1ccc(-n2cnnc2SCC(=O)NC(C)(C)C)cc1. The third-order valence-corrected chi connectivity index (χ3v) is 3.62. The van der Waals surface area contributed by atoms with Gasteiger partial charge in [0.05, 0.1) is 5.75 Å². The first-order valence-electron chi connectivity index (χ1n) is 6.76. The number of benzene rings is 1. The van der Waals surface area contributed by atoms with E-state index >= 15 is 0 Å². The lowest BCUT2D eigenvalue weighted by Gasteiger charge is -2.20. The first-order chi connectivity index (χ1) is 9.85. The van der Waals surface area contributed by atoms with E-state index in [2.05, 4.69) is 15.5 Å². The van der Waals surface area contributed by atoms with Crippen molar-refractivity contribution >= 4 is 17.7 Å². The van der Waals surface area contributed by atoms with Gasteiger partial charge in [-0.05, 0) is 39.8 Å². The fraction of sp³-hybridized carbons (Fsp3) is 0.400. The Hall–Kier alpha value is -1.82. The molecule has 1 aromatic heterocycles. The van der Waals surface area contributed by atoms with Gasteiger partial charge in [-0.1, -0.05) is 29.5 Å². The molecule has 0 aliphatic heterocycles. The third-order valence-electron chi connectivity index (χ3n) is 2.68. The molecule has 6 heteroatoms. The van der Waals surface area contributed by atoms with E-state index in [0.29, 0.717) is 10.9 Å². The van der Waals surface area contributed by atoms with Gasteiger partial charge in [-0.15, -0.1) is 10.2 Å². The Bertz CT molecular complexity index is 613. The third kappa shape index (κ3) is 4.60. The van der Waals surface area contributed by atoms with E-state index in [-0.39, 0.29) is 11.4 Å². The van der Waals surface area contributed by atoms with Crippen LogP contribution in [0.3, 0.4) is 0 Å². The molecule has 0 spiro atoms. The maximum atomic E-state index is 11.9. The largest absolute Gasteiger partial charge is 0.351 e. The van der Waals surface area contributed by atoms with E-state index in [0.717, 1.165) is 5.69 Å². The number of carbonyl (C=O) groups excluding carboxylic acids is 1. The first-order valence-corrected chi connectivity index (χ1v) is 7.74. The molecule has 0 bridgehead atoms. The van der Waals surface area contributed by atoms with E-state index in [9.17, 15) is 4.79 Å². The van der Waals surface area contributed by atoms with E-state index in [1.807, 2.05) is 56.5 Å². The summed E-state index contributed by atoms with van der Waals surface area (Å²) in [5, 5.41) is 11.7. The van der Waals surface area contributed by atoms with Crippen molar-refractivity contribution < 1.29 is 4.79 Å². The molecule has 0 saturated carbocycles. The molecule has 21 heavy (non-hydrogen) atoms. The highest BCUT2D eigenvalue weighted by molar-refractivity contribution is 7.99. The lowest BCUT2D eigenvalue weighted by molar-refractivity contribution is -0.119. The fourth-order valence-electron chi connectivity index (χ4n) is 1.79. The van der Waals surface area contributed by atoms with Crippen molar-refractivity contribution in [3.05, 3.63) is 36.2 Å². The topological polar surface area (TPSA) is 59.8 Å². The van der Waals surface area contributed by atoms with Crippen molar-refractivity contribution in [3.63, 3.8) is 0 Å². The summed E-state index contributed by atoms with van der Waals surface area (Å²) >= 11 is 1.38. The van der Waals surface area contributed by atoms with Crippen molar-refractivity contribution in [2.75, 3.05) is 5.75 Å². The Balaban J connectivity index is 2.04. The summed E-state index contributed by atoms with van der Waals surface area (Å²) in [5.41, 5.74) is 1.97. The number of thioether (sulfide) groups is 1. The van der Waals surface area contributed by atoms with Gasteiger partial charge in [-0.25, -0.2) is 0 Å². The Morgan fingerprint density at radius 3 is 2.57 bits per heavy atom. The number of nitrogens with zero attached hydrogens (tertiary/aromatic N) is 3. The van der Waals surface area contributed by atoms with Gasteiger partial charge >= 0.3 is 0 Å². The smallest absolute Gasteiger partial charge is 0.230 e.